The van der Waals surface area contributed by atoms with E-state index < -0.39 is 12.1 Å². The molecule has 0 radical (unpaired) electrons. The van der Waals surface area contributed by atoms with E-state index in [0.717, 1.165) is 16.6 Å². The Balaban J connectivity index is 1.35. The monoisotopic (exact) mass is 546 g/mol. The molecule has 0 unspecified atom stereocenters. The van der Waals surface area contributed by atoms with Gasteiger partial charge in [0.1, 0.15) is 30.0 Å². The third kappa shape index (κ3) is 8.41. The van der Waals surface area contributed by atoms with Gasteiger partial charge in [0.05, 0.1) is 12.1 Å². The standard InChI is InChI=1S/C31H34N2O7/c1-3-23-16-31(29-14-13-28(17-30(29)33-23)40-39-21(2)35)38-27-11-9-22(10-12-27)15-24(19-34)32-18-25(36)20-37-26-7-5-4-6-8-26/h4-14,16-17,24-25,32,34,36H,3,15,18-20H2,1-2H3/t24-,25-/m0/s1. The van der Waals surface area contributed by atoms with Crippen molar-refractivity contribution in [2.45, 2.75) is 38.8 Å². The largest absolute Gasteiger partial charge is 0.491 e. The number of hydrogen-bond acceptors (Lipinski definition) is 9. The summed E-state index contributed by atoms with van der Waals surface area (Å²) in [6, 6.07) is 23.8. The van der Waals surface area contributed by atoms with Gasteiger partial charge in [0.25, 0.3) is 0 Å². The number of aryl methyl sites for hydroxylation is 1. The SMILES string of the molecule is CCc1cc(Oc2ccc(C[C@@H](CO)NC[C@H](O)COc3ccccc3)cc2)c2ccc(OOC(C)=O)cc2n1. The number of pyridine rings is 1. The lowest BCUT2D eigenvalue weighted by atomic mass is 10.1. The molecule has 0 spiro atoms. The molecule has 1 heterocycles. The molecule has 0 aliphatic heterocycles. The van der Waals surface area contributed by atoms with Gasteiger partial charge in [0.2, 0.25) is 0 Å². The minimum atomic E-state index is -0.711. The van der Waals surface area contributed by atoms with Crippen LogP contribution in [0.1, 0.15) is 25.1 Å². The lowest BCUT2D eigenvalue weighted by Gasteiger charge is -2.19. The third-order valence-electron chi connectivity index (χ3n) is 6.10. The minimum Gasteiger partial charge on any atom is -0.491 e. The molecule has 3 aromatic carbocycles. The zero-order valence-corrected chi connectivity index (χ0v) is 22.6. The number of nitrogens with one attached hydrogen (secondary N) is 1. The maximum atomic E-state index is 11.1. The van der Waals surface area contributed by atoms with E-state index in [1.165, 1.54) is 6.92 Å². The second kappa shape index (κ2) is 14.3. The zero-order valence-electron chi connectivity index (χ0n) is 22.6. The normalized spacial score (nSPS) is 12.5. The Kier molecular flexibility index (Phi) is 10.3. The highest BCUT2D eigenvalue weighted by atomic mass is 17.2. The number of benzene rings is 3. The second-order valence-corrected chi connectivity index (χ2v) is 9.32. The van der Waals surface area contributed by atoms with Crippen LogP contribution in [0.15, 0.2) is 78.9 Å². The number of carbonyl (C=O) groups is 1. The van der Waals surface area contributed by atoms with Gasteiger partial charge in [-0.3, -0.25) is 14.8 Å². The summed E-state index contributed by atoms with van der Waals surface area (Å²) in [5, 5.41) is 24.1. The zero-order chi connectivity index (χ0) is 28.3. The van der Waals surface area contributed by atoms with E-state index >= 15 is 0 Å². The van der Waals surface area contributed by atoms with Crippen LogP contribution in [0.2, 0.25) is 0 Å². The summed E-state index contributed by atoms with van der Waals surface area (Å²) < 4.78 is 11.8. The number of fused-ring (bicyclic) bond motifs is 1. The van der Waals surface area contributed by atoms with Crippen LogP contribution in [0, 0.1) is 0 Å². The number of carbonyl (C=O) groups excluding carboxylic acids is 1. The van der Waals surface area contributed by atoms with Crippen LogP contribution in [0.5, 0.6) is 23.0 Å². The number of ether oxygens (including phenoxy) is 2. The van der Waals surface area contributed by atoms with Crippen molar-refractivity contribution in [1.29, 1.82) is 0 Å². The van der Waals surface area contributed by atoms with Crippen molar-refractivity contribution in [2.24, 2.45) is 0 Å². The number of aromatic nitrogens is 1. The summed E-state index contributed by atoms with van der Waals surface area (Å²) in [6.45, 7) is 3.65. The smallest absolute Gasteiger partial charge is 0.352 e. The van der Waals surface area contributed by atoms with Crippen LogP contribution in [0.25, 0.3) is 10.9 Å². The average molecular weight is 547 g/mol. The highest BCUT2D eigenvalue weighted by molar-refractivity contribution is 5.86. The fourth-order valence-electron chi connectivity index (χ4n) is 4.03. The van der Waals surface area contributed by atoms with Crippen molar-refractivity contribution in [3.05, 3.63) is 90.1 Å². The Morgan fingerprint density at radius 2 is 1.73 bits per heavy atom. The maximum absolute atomic E-state index is 11.1. The molecule has 40 heavy (non-hydrogen) atoms. The predicted molar refractivity (Wildman–Crippen MR) is 151 cm³/mol. The first-order valence-electron chi connectivity index (χ1n) is 13.2. The van der Waals surface area contributed by atoms with Gasteiger partial charge in [-0.1, -0.05) is 37.3 Å². The number of para-hydroxylation sites is 1. The summed E-state index contributed by atoms with van der Waals surface area (Å²) in [4.78, 5) is 25.4. The van der Waals surface area contributed by atoms with E-state index in [4.69, 9.17) is 14.4 Å². The van der Waals surface area contributed by atoms with Crippen LogP contribution >= 0.6 is 0 Å². The minimum absolute atomic E-state index is 0.0729. The Morgan fingerprint density at radius 1 is 0.975 bits per heavy atom. The molecular weight excluding hydrogens is 512 g/mol. The van der Waals surface area contributed by atoms with Gasteiger partial charge in [0.15, 0.2) is 5.75 Å². The van der Waals surface area contributed by atoms with Crippen molar-refractivity contribution in [2.75, 3.05) is 19.8 Å². The predicted octanol–water partition coefficient (Wildman–Crippen LogP) is 4.38. The van der Waals surface area contributed by atoms with Crippen molar-refractivity contribution in [1.82, 2.24) is 10.3 Å². The Morgan fingerprint density at radius 3 is 2.42 bits per heavy atom. The first-order chi connectivity index (χ1) is 19.4. The van der Waals surface area contributed by atoms with E-state index in [2.05, 4.69) is 15.2 Å². The molecule has 2 atom stereocenters. The highest BCUT2D eigenvalue weighted by Crippen LogP contribution is 2.32. The molecule has 210 valence electrons. The Labute approximate surface area is 233 Å². The molecule has 0 saturated heterocycles. The number of aliphatic hydroxyl groups is 2. The number of hydrogen-bond donors (Lipinski definition) is 3. The molecule has 0 fully saturated rings. The van der Waals surface area contributed by atoms with Crippen molar-refractivity contribution >= 4 is 16.9 Å². The number of rotatable bonds is 14. The fourth-order valence-corrected chi connectivity index (χ4v) is 4.03. The molecule has 3 N–H and O–H groups in total. The summed E-state index contributed by atoms with van der Waals surface area (Å²) in [5.41, 5.74) is 2.51. The summed E-state index contributed by atoms with van der Waals surface area (Å²) in [6.07, 6.45) is 0.576. The first-order valence-corrected chi connectivity index (χ1v) is 13.2. The molecule has 0 aliphatic carbocycles. The van der Waals surface area contributed by atoms with Crippen molar-refractivity contribution in [3.8, 4) is 23.0 Å². The van der Waals surface area contributed by atoms with E-state index in [1.807, 2.05) is 67.6 Å². The van der Waals surface area contributed by atoms with Gasteiger partial charge < -0.3 is 25.0 Å². The summed E-state index contributed by atoms with van der Waals surface area (Å²) >= 11 is 0. The van der Waals surface area contributed by atoms with Gasteiger partial charge in [0, 0.05) is 42.7 Å². The van der Waals surface area contributed by atoms with Gasteiger partial charge in [-0.15, -0.1) is 0 Å². The Hall–Kier alpha value is -4.18. The van der Waals surface area contributed by atoms with Crippen molar-refractivity contribution < 1.29 is 34.3 Å². The molecule has 0 saturated carbocycles. The lowest BCUT2D eigenvalue weighted by molar-refractivity contribution is -0.210. The van der Waals surface area contributed by atoms with Gasteiger partial charge in [-0.25, -0.2) is 4.79 Å². The van der Waals surface area contributed by atoms with Gasteiger partial charge in [-0.05, 0) is 54.8 Å². The number of aliphatic hydroxyl groups excluding tert-OH is 2. The molecule has 4 rings (SSSR count). The molecular formula is C31H34N2O7. The first kappa shape index (κ1) is 28.8. The van der Waals surface area contributed by atoms with E-state index in [-0.39, 0.29) is 19.3 Å². The number of nitrogens with zero attached hydrogens (tertiary/aromatic N) is 1. The lowest BCUT2D eigenvalue weighted by Crippen LogP contribution is -2.41. The van der Waals surface area contributed by atoms with Crippen LogP contribution in [-0.4, -0.2) is 53.1 Å². The molecule has 4 aromatic rings. The van der Waals surface area contributed by atoms with Crippen LogP contribution in [0.3, 0.4) is 0 Å². The van der Waals surface area contributed by atoms with Gasteiger partial charge >= 0.3 is 5.97 Å². The van der Waals surface area contributed by atoms with Crippen LogP contribution in [0.4, 0.5) is 0 Å². The maximum Gasteiger partial charge on any atom is 0.352 e. The molecule has 0 amide bonds. The fraction of sp³-hybridized carbons (Fsp3) is 0.290. The van der Waals surface area contributed by atoms with Gasteiger partial charge in [-0.2, -0.15) is 0 Å². The molecule has 9 nitrogen and oxygen atoms in total. The molecule has 1 aromatic heterocycles. The summed E-state index contributed by atoms with van der Waals surface area (Å²) in [7, 11) is 0. The molecule has 0 bridgehead atoms. The molecule has 9 heteroatoms. The topological polar surface area (TPSA) is 119 Å². The third-order valence-corrected chi connectivity index (χ3v) is 6.10. The van der Waals surface area contributed by atoms with Crippen LogP contribution in [-0.2, 0) is 22.5 Å². The summed E-state index contributed by atoms with van der Waals surface area (Å²) in [5.74, 6) is 1.82. The van der Waals surface area contributed by atoms with E-state index in [0.29, 0.717) is 47.9 Å². The van der Waals surface area contributed by atoms with E-state index in [1.54, 1.807) is 18.2 Å². The van der Waals surface area contributed by atoms with Crippen molar-refractivity contribution in [3.63, 3.8) is 0 Å². The van der Waals surface area contributed by atoms with E-state index in [9.17, 15) is 15.0 Å². The second-order valence-electron chi connectivity index (χ2n) is 9.32. The Bertz CT molecular complexity index is 1380. The average Bonchev–Trinajstić information content (AvgIpc) is 2.98. The quantitative estimate of drug-likeness (QED) is 0.156. The molecule has 0 aliphatic rings. The highest BCUT2D eigenvalue weighted by Gasteiger charge is 2.13. The van der Waals surface area contributed by atoms with Crippen LogP contribution < -0.4 is 19.7 Å².